The molecule has 1 aliphatic rings. The minimum absolute atomic E-state index is 0.0167. The van der Waals surface area contributed by atoms with Gasteiger partial charge in [-0.3, -0.25) is 4.79 Å². The van der Waals surface area contributed by atoms with Crippen molar-refractivity contribution in [2.24, 2.45) is 0 Å². The lowest BCUT2D eigenvalue weighted by Gasteiger charge is -2.35. The Bertz CT molecular complexity index is 896. The van der Waals surface area contributed by atoms with E-state index in [0.717, 1.165) is 37.2 Å². The van der Waals surface area contributed by atoms with Crippen molar-refractivity contribution in [3.05, 3.63) is 58.4 Å². The van der Waals surface area contributed by atoms with Gasteiger partial charge in [0.15, 0.2) is 0 Å². The summed E-state index contributed by atoms with van der Waals surface area (Å²) in [5.41, 5.74) is 3.67. The normalized spacial score (nSPS) is 15.2. The minimum atomic E-state index is -0.380. The molecule has 0 radical (unpaired) electrons. The van der Waals surface area contributed by atoms with E-state index < -0.39 is 0 Å². The van der Waals surface area contributed by atoms with Gasteiger partial charge in [-0.1, -0.05) is 30.3 Å². The fourth-order valence-electron chi connectivity index (χ4n) is 4.36. The smallest absolute Gasteiger partial charge is 0.355 e. The Morgan fingerprint density at radius 2 is 1.77 bits per heavy atom. The number of piperidine rings is 1. The van der Waals surface area contributed by atoms with E-state index in [0.29, 0.717) is 30.0 Å². The molecule has 30 heavy (non-hydrogen) atoms. The summed E-state index contributed by atoms with van der Waals surface area (Å²) in [4.78, 5) is 30.5. The molecule has 1 saturated heterocycles. The Balaban J connectivity index is 1.98. The van der Waals surface area contributed by atoms with Gasteiger partial charge in [0.25, 0.3) is 5.91 Å². The van der Waals surface area contributed by atoms with Gasteiger partial charge in [0.05, 0.1) is 12.2 Å². The van der Waals surface area contributed by atoms with Gasteiger partial charge in [-0.05, 0) is 64.9 Å². The zero-order valence-electron chi connectivity index (χ0n) is 18.8. The highest BCUT2D eigenvalue weighted by Crippen LogP contribution is 2.27. The van der Waals surface area contributed by atoms with Crippen molar-refractivity contribution in [1.82, 2.24) is 14.4 Å². The van der Waals surface area contributed by atoms with Gasteiger partial charge in [-0.15, -0.1) is 0 Å². The maximum Gasteiger partial charge on any atom is 0.355 e. The molecule has 1 aliphatic heterocycles. The van der Waals surface area contributed by atoms with Crippen molar-refractivity contribution in [2.45, 2.75) is 46.2 Å². The molecule has 2 aromatic rings. The number of benzene rings is 1. The van der Waals surface area contributed by atoms with E-state index in [-0.39, 0.29) is 17.9 Å². The van der Waals surface area contributed by atoms with Crippen molar-refractivity contribution >= 4 is 11.9 Å². The van der Waals surface area contributed by atoms with Crippen molar-refractivity contribution in [3.8, 4) is 0 Å². The van der Waals surface area contributed by atoms with Crippen LogP contribution in [0.4, 0.5) is 0 Å². The van der Waals surface area contributed by atoms with E-state index in [1.165, 1.54) is 0 Å². The molecule has 1 aromatic heterocycles. The second-order valence-electron chi connectivity index (χ2n) is 8.18. The van der Waals surface area contributed by atoms with E-state index in [2.05, 4.69) is 11.9 Å². The maximum absolute atomic E-state index is 13.5. The Hall–Kier alpha value is -2.60. The van der Waals surface area contributed by atoms with Crippen molar-refractivity contribution < 1.29 is 14.3 Å². The number of aromatic nitrogens is 1. The summed E-state index contributed by atoms with van der Waals surface area (Å²) in [6.45, 7) is 8.38. The number of likely N-dealkylation sites (tertiary alicyclic amines) is 1. The summed E-state index contributed by atoms with van der Waals surface area (Å²) in [5, 5.41) is 0. The van der Waals surface area contributed by atoms with Crippen LogP contribution in [0.1, 0.15) is 57.4 Å². The minimum Gasteiger partial charge on any atom is -0.461 e. The van der Waals surface area contributed by atoms with Crippen LogP contribution >= 0.6 is 0 Å². The third kappa shape index (κ3) is 4.43. The van der Waals surface area contributed by atoms with Gasteiger partial charge in [0, 0.05) is 25.3 Å². The molecule has 1 aromatic carbocycles. The molecule has 6 nitrogen and oxygen atoms in total. The molecule has 3 rings (SSSR count). The molecule has 6 heteroatoms. The second-order valence-corrected chi connectivity index (χ2v) is 8.18. The number of nitrogens with zero attached hydrogens (tertiary/aromatic N) is 3. The number of amides is 1. The van der Waals surface area contributed by atoms with Crippen LogP contribution in [0.3, 0.4) is 0 Å². The van der Waals surface area contributed by atoms with Crippen LogP contribution in [-0.2, 0) is 11.3 Å². The zero-order valence-corrected chi connectivity index (χ0v) is 18.8. The Labute approximate surface area is 179 Å². The van der Waals surface area contributed by atoms with Crippen LogP contribution in [0.15, 0.2) is 30.3 Å². The topological polar surface area (TPSA) is 54.8 Å². The highest BCUT2D eigenvalue weighted by molar-refractivity contribution is 6.01. The first kappa shape index (κ1) is 22.1. The van der Waals surface area contributed by atoms with Gasteiger partial charge >= 0.3 is 5.97 Å². The van der Waals surface area contributed by atoms with Crippen LogP contribution in [0.25, 0.3) is 0 Å². The van der Waals surface area contributed by atoms with Crippen LogP contribution in [0, 0.1) is 13.8 Å². The van der Waals surface area contributed by atoms with E-state index in [4.69, 9.17) is 4.74 Å². The van der Waals surface area contributed by atoms with Gasteiger partial charge in [0.1, 0.15) is 5.69 Å². The molecule has 162 valence electrons. The Morgan fingerprint density at radius 1 is 1.13 bits per heavy atom. The molecular formula is C24H33N3O3. The summed E-state index contributed by atoms with van der Waals surface area (Å²) >= 11 is 0. The van der Waals surface area contributed by atoms with E-state index in [1.54, 1.807) is 6.92 Å². The predicted molar refractivity (Wildman–Crippen MR) is 118 cm³/mol. The number of esters is 1. The molecule has 0 bridgehead atoms. The van der Waals surface area contributed by atoms with Crippen LogP contribution in [0.2, 0.25) is 0 Å². The molecule has 0 atom stereocenters. The monoisotopic (exact) mass is 411 g/mol. The summed E-state index contributed by atoms with van der Waals surface area (Å²) in [7, 11) is 4.00. The number of carbonyl (C=O) groups is 2. The molecule has 0 spiro atoms. The highest BCUT2D eigenvalue weighted by Gasteiger charge is 2.31. The molecule has 1 fully saturated rings. The third-order valence-corrected chi connectivity index (χ3v) is 6.19. The van der Waals surface area contributed by atoms with E-state index in [1.807, 2.05) is 60.7 Å². The highest BCUT2D eigenvalue weighted by atomic mass is 16.5. The third-order valence-electron chi connectivity index (χ3n) is 6.19. The van der Waals surface area contributed by atoms with Crippen LogP contribution < -0.4 is 0 Å². The first-order chi connectivity index (χ1) is 14.3. The molecule has 0 saturated carbocycles. The lowest BCUT2D eigenvalue weighted by Crippen LogP contribution is -2.44. The number of carbonyl (C=O) groups excluding carboxylic acids is 2. The van der Waals surface area contributed by atoms with E-state index >= 15 is 0 Å². The standard InChI is InChI=1S/C24H33N3O3/c1-6-30-24(29)22-17(2)21(18(3)27(22)16-19-10-8-7-9-11-19)23(28)26(5)20-12-14-25(4)15-13-20/h7-11,20H,6,12-16H2,1-5H3. The first-order valence-corrected chi connectivity index (χ1v) is 10.7. The SMILES string of the molecule is CCOC(=O)c1c(C)c(C(=O)N(C)C2CCN(C)CC2)c(C)n1Cc1ccccc1. The molecular weight excluding hydrogens is 378 g/mol. The number of rotatable bonds is 6. The Kier molecular flexibility index (Phi) is 6.98. The van der Waals surface area contributed by atoms with E-state index in [9.17, 15) is 9.59 Å². The van der Waals surface area contributed by atoms with Gasteiger partial charge < -0.3 is 19.1 Å². The molecule has 2 heterocycles. The molecule has 1 amide bonds. The summed E-state index contributed by atoms with van der Waals surface area (Å²) in [5.74, 6) is -0.396. The number of ether oxygens (including phenoxy) is 1. The predicted octanol–water partition coefficient (Wildman–Crippen LogP) is 3.50. The van der Waals surface area contributed by atoms with Crippen molar-refractivity contribution in [3.63, 3.8) is 0 Å². The summed E-state index contributed by atoms with van der Waals surface area (Å²) in [6, 6.07) is 10.2. The number of hydrogen-bond acceptors (Lipinski definition) is 4. The second kappa shape index (κ2) is 9.47. The van der Waals surface area contributed by atoms with Crippen molar-refractivity contribution in [2.75, 3.05) is 33.8 Å². The van der Waals surface area contributed by atoms with Gasteiger partial charge in [-0.2, -0.15) is 0 Å². The van der Waals surface area contributed by atoms with Gasteiger partial charge in [0.2, 0.25) is 0 Å². The maximum atomic E-state index is 13.5. The lowest BCUT2D eigenvalue weighted by molar-refractivity contribution is 0.0513. The molecule has 0 aliphatic carbocycles. The number of hydrogen-bond donors (Lipinski definition) is 0. The van der Waals surface area contributed by atoms with Crippen LogP contribution in [-0.4, -0.2) is 66.1 Å². The first-order valence-electron chi connectivity index (χ1n) is 10.7. The van der Waals surface area contributed by atoms with Crippen LogP contribution in [0.5, 0.6) is 0 Å². The zero-order chi connectivity index (χ0) is 21.8. The largest absolute Gasteiger partial charge is 0.461 e. The molecule has 0 N–H and O–H groups in total. The average Bonchev–Trinajstić information content (AvgIpc) is 2.98. The molecule has 0 unspecified atom stereocenters. The fraction of sp³-hybridized carbons (Fsp3) is 0.500. The quantitative estimate of drug-likeness (QED) is 0.683. The van der Waals surface area contributed by atoms with Gasteiger partial charge in [-0.25, -0.2) is 4.79 Å². The fourth-order valence-corrected chi connectivity index (χ4v) is 4.36. The average molecular weight is 412 g/mol. The summed E-state index contributed by atoms with van der Waals surface area (Å²) in [6.07, 6.45) is 1.93. The lowest BCUT2D eigenvalue weighted by atomic mass is 10.0. The van der Waals surface area contributed by atoms with Crippen molar-refractivity contribution in [1.29, 1.82) is 0 Å². The Morgan fingerprint density at radius 3 is 2.37 bits per heavy atom. The summed E-state index contributed by atoms with van der Waals surface area (Å²) < 4.78 is 7.26.